The number of nitrogens with one attached hydrogen (secondary N) is 1. The van der Waals surface area contributed by atoms with Gasteiger partial charge >= 0.3 is 24.0 Å². The summed E-state index contributed by atoms with van der Waals surface area (Å²) in [7, 11) is 0. The Balaban J connectivity index is 2.16. The summed E-state index contributed by atoms with van der Waals surface area (Å²) in [5.41, 5.74) is -0.447. The zero-order chi connectivity index (χ0) is 23.0. The van der Waals surface area contributed by atoms with Crippen LogP contribution in [-0.2, 0) is 44.7 Å². The summed E-state index contributed by atoms with van der Waals surface area (Å²) < 4.78 is 26.2. The molecule has 1 fully saturated rings. The Bertz CT molecular complexity index is 788. The van der Waals surface area contributed by atoms with Gasteiger partial charge in [-0.05, 0) is 5.56 Å². The molecule has 5 atom stereocenters. The monoisotopic (exact) mass is 457 g/mol. The van der Waals surface area contributed by atoms with Crippen LogP contribution in [-0.4, -0.2) is 60.5 Å². The molecule has 0 radical (unpaired) electrons. The van der Waals surface area contributed by atoms with Gasteiger partial charge < -0.3 is 29.0 Å². The number of alkyl carbamates (subject to hydrolysis) is 1. The van der Waals surface area contributed by atoms with E-state index in [4.69, 9.17) is 35.3 Å². The number of halogens is 1. The molecule has 0 spiro atoms. The first-order valence-electron chi connectivity index (χ1n) is 9.42. The molecule has 10 nitrogen and oxygen atoms in total. The number of hydrogen-bond donors (Lipinski definition) is 1. The fraction of sp³-hybridized carbons (Fsp3) is 0.500. The number of esters is 3. The molecule has 0 aliphatic carbocycles. The van der Waals surface area contributed by atoms with Crippen LogP contribution in [0.5, 0.6) is 0 Å². The van der Waals surface area contributed by atoms with E-state index in [1.54, 1.807) is 24.3 Å². The third kappa shape index (κ3) is 7.72. The van der Waals surface area contributed by atoms with Crippen LogP contribution < -0.4 is 5.32 Å². The SMILES string of the molecule is CC(=O)OCC1OC(Cl)C(NC(=O)OCc2ccccc2)C(OC(C)=O)C1OC(C)=O. The van der Waals surface area contributed by atoms with E-state index in [-0.39, 0.29) is 13.2 Å². The molecule has 1 aliphatic rings. The fourth-order valence-electron chi connectivity index (χ4n) is 2.94. The van der Waals surface area contributed by atoms with E-state index < -0.39 is 53.9 Å². The van der Waals surface area contributed by atoms with E-state index in [2.05, 4.69) is 5.32 Å². The van der Waals surface area contributed by atoms with Gasteiger partial charge in [-0.3, -0.25) is 14.4 Å². The summed E-state index contributed by atoms with van der Waals surface area (Å²) >= 11 is 6.27. The van der Waals surface area contributed by atoms with Crippen molar-refractivity contribution in [3.05, 3.63) is 35.9 Å². The highest BCUT2D eigenvalue weighted by Gasteiger charge is 2.50. The quantitative estimate of drug-likeness (QED) is 0.369. The second-order valence-electron chi connectivity index (χ2n) is 6.71. The van der Waals surface area contributed by atoms with Gasteiger partial charge in [0.15, 0.2) is 17.8 Å². The molecule has 0 bridgehead atoms. The van der Waals surface area contributed by atoms with Gasteiger partial charge in [-0.15, -0.1) is 0 Å². The third-order valence-electron chi connectivity index (χ3n) is 4.18. The van der Waals surface area contributed by atoms with Crippen LogP contribution in [0.2, 0.25) is 0 Å². The van der Waals surface area contributed by atoms with Crippen molar-refractivity contribution >= 4 is 35.6 Å². The minimum Gasteiger partial charge on any atom is -0.463 e. The number of carbonyl (C=O) groups excluding carboxylic acids is 4. The number of hydrogen-bond acceptors (Lipinski definition) is 9. The van der Waals surface area contributed by atoms with E-state index in [1.807, 2.05) is 6.07 Å². The Morgan fingerprint density at radius 2 is 1.55 bits per heavy atom. The fourth-order valence-corrected chi connectivity index (χ4v) is 3.28. The maximum atomic E-state index is 12.3. The molecule has 0 saturated carbocycles. The number of carbonyl (C=O) groups is 4. The van der Waals surface area contributed by atoms with E-state index in [0.29, 0.717) is 0 Å². The summed E-state index contributed by atoms with van der Waals surface area (Å²) in [4.78, 5) is 46.8. The second kappa shape index (κ2) is 11.5. The maximum Gasteiger partial charge on any atom is 0.407 e. The van der Waals surface area contributed by atoms with Crippen molar-refractivity contribution in [2.75, 3.05) is 6.61 Å². The van der Waals surface area contributed by atoms with Gasteiger partial charge in [-0.25, -0.2) is 4.79 Å². The molecule has 1 amide bonds. The van der Waals surface area contributed by atoms with Crippen LogP contribution in [0.25, 0.3) is 0 Å². The summed E-state index contributed by atoms with van der Waals surface area (Å²) in [6.07, 6.45) is -4.30. The maximum absolute atomic E-state index is 12.3. The van der Waals surface area contributed by atoms with Crippen molar-refractivity contribution < 1.29 is 42.9 Å². The molecule has 1 saturated heterocycles. The van der Waals surface area contributed by atoms with Crippen molar-refractivity contribution in [2.24, 2.45) is 0 Å². The van der Waals surface area contributed by atoms with Crippen molar-refractivity contribution in [3.8, 4) is 0 Å². The summed E-state index contributed by atoms with van der Waals surface area (Å²) in [5.74, 6) is -1.99. The zero-order valence-electron chi connectivity index (χ0n) is 17.2. The third-order valence-corrected chi connectivity index (χ3v) is 4.56. The molecule has 31 heavy (non-hydrogen) atoms. The van der Waals surface area contributed by atoms with Crippen LogP contribution in [0, 0.1) is 0 Å². The standard InChI is InChI=1S/C20H24ClNO9/c1-11(23)27-10-15-17(29-12(2)24)18(30-13(3)25)16(19(21)31-15)22-20(26)28-9-14-7-5-4-6-8-14/h4-8,15-19H,9-10H2,1-3H3,(H,22,26). The topological polar surface area (TPSA) is 126 Å². The molecule has 5 unspecified atom stereocenters. The molecule has 1 aliphatic heterocycles. The Kier molecular flexibility index (Phi) is 9.07. The molecule has 1 aromatic rings. The van der Waals surface area contributed by atoms with Crippen molar-refractivity contribution in [1.29, 1.82) is 0 Å². The largest absolute Gasteiger partial charge is 0.463 e. The summed E-state index contributed by atoms with van der Waals surface area (Å²) in [6.45, 7) is 3.18. The van der Waals surface area contributed by atoms with Gasteiger partial charge in [-0.1, -0.05) is 41.9 Å². The van der Waals surface area contributed by atoms with Crippen LogP contribution >= 0.6 is 11.6 Å². The molecular weight excluding hydrogens is 434 g/mol. The van der Waals surface area contributed by atoms with E-state index in [0.717, 1.165) is 19.4 Å². The van der Waals surface area contributed by atoms with Crippen molar-refractivity contribution in [2.45, 2.75) is 57.3 Å². The average molecular weight is 458 g/mol. The first-order valence-corrected chi connectivity index (χ1v) is 9.85. The smallest absolute Gasteiger partial charge is 0.407 e. The van der Waals surface area contributed by atoms with Gasteiger partial charge in [-0.2, -0.15) is 0 Å². The van der Waals surface area contributed by atoms with Gasteiger partial charge in [0.2, 0.25) is 0 Å². The lowest BCUT2D eigenvalue weighted by molar-refractivity contribution is -0.212. The van der Waals surface area contributed by atoms with E-state index in [1.165, 1.54) is 6.92 Å². The van der Waals surface area contributed by atoms with Gasteiger partial charge in [0.1, 0.15) is 25.4 Å². The Morgan fingerprint density at radius 3 is 2.13 bits per heavy atom. The predicted octanol–water partition coefficient (Wildman–Crippen LogP) is 1.67. The lowest BCUT2D eigenvalue weighted by atomic mass is 9.97. The molecule has 170 valence electrons. The molecule has 0 aromatic heterocycles. The highest BCUT2D eigenvalue weighted by Crippen LogP contribution is 2.29. The average Bonchev–Trinajstić information content (AvgIpc) is 2.70. The highest BCUT2D eigenvalue weighted by atomic mass is 35.5. The molecule has 1 aromatic carbocycles. The summed E-state index contributed by atoms with van der Waals surface area (Å²) in [5, 5.41) is 2.49. The molecular formula is C20H24ClNO9. The Labute approximate surface area is 184 Å². The van der Waals surface area contributed by atoms with E-state index >= 15 is 0 Å². The Hall–Kier alpha value is -2.85. The Morgan fingerprint density at radius 1 is 0.935 bits per heavy atom. The minimum atomic E-state index is -1.22. The minimum absolute atomic E-state index is 0.00607. The summed E-state index contributed by atoms with van der Waals surface area (Å²) in [6, 6.07) is 7.85. The number of ether oxygens (including phenoxy) is 5. The lowest BCUT2D eigenvalue weighted by Crippen LogP contribution is -2.65. The number of rotatable bonds is 7. The zero-order valence-corrected chi connectivity index (χ0v) is 18.0. The van der Waals surface area contributed by atoms with E-state index in [9.17, 15) is 19.2 Å². The van der Waals surface area contributed by atoms with Crippen LogP contribution in [0.1, 0.15) is 26.3 Å². The predicted molar refractivity (Wildman–Crippen MR) is 106 cm³/mol. The number of amides is 1. The van der Waals surface area contributed by atoms with Crippen LogP contribution in [0.15, 0.2) is 30.3 Å². The number of benzene rings is 1. The number of alkyl halides is 1. The van der Waals surface area contributed by atoms with Crippen molar-refractivity contribution in [1.82, 2.24) is 5.32 Å². The van der Waals surface area contributed by atoms with Crippen molar-refractivity contribution in [3.63, 3.8) is 0 Å². The van der Waals surface area contributed by atoms with Crippen LogP contribution in [0.3, 0.4) is 0 Å². The first-order chi connectivity index (χ1) is 14.7. The first kappa shape index (κ1) is 24.4. The van der Waals surface area contributed by atoms with Gasteiger partial charge in [0, 0.05) is 20.8 Å². The molecule has 2 rings (SSSR count). The normalized spacial score (nSPS) is 25.1. The molecule has 11 heteroatoms. The highest BCUT2D eigenvalue weighted by molar-refractivity contribution is 6.20. The molecule has 1 heterocycles. The van der Waals surface area contributed by atoms with Gasteiger partial charge in [0.05, 0.1) is 0 Å². The molecule has 1 N–H and O–H groups in total. The second-order valence-corrected chi connectivity index (χ2v) is 7.14. The van der Waals surface area contributed by atoms with Gasteiger partial charge in [0.25, 0.3) is 0 Å². The lowest BCUT2D eigenvalue weighted by Gasteiger charge is -2.43. The van der Waals surface area contributed by atoms with Crippen LogP contribution in [0.4, 0.5) is 4.79 Å².